The maximum absolute atomic E-state index is 11.5. The van der Waals surface area contributed by atoms with Crippen molar-refractivity contribution in [2.24, 2.45) is 4.99 Å². The first-order chi connectivity index (χ1) is 7.20. The standard InChI is InChI=1S/C10H6BrN2O2/c11-7-3-1-2-4-8(7)13-6-5-12-9(14)10(13)15/h1-6H/q+1. The topological polar surface area (TPSA) is 49.5 Å². The Morgan fingerprint density at radius 1 is 1.20 bits per heavy atom. The number of hydrogen-bond donors (Lipinski definition) is 0. The van der Waals surface area contributed by atoms with Crippen LogP contribution >= 0.6 is 15.9 Å². The Bertz CT molecular complexity index is 506. The summed E-state index contributed by atoms with van der Waals surface area (Å²) in [4.78, 5) is 25.9. The predicted octanol–water partition coefficient (Wildman–Crippen LogP) is 1.30. The molecule has 2 rings (SSSR count). The van der Waals surface area contributed by atoms with E-state index < -0.39 is 11.8 Å². The molecule has 1 aliphatic heterocycles. The van der Waals surface area contributed by atoms with Gasteiger partial charge in [0.25, 0.3) is 0 Å². The summed E-state index contributed by atoms with van der Waals surface area (Å²) in [6.45, 7) is 0. The van der Waals surface area contributed by atoms with Crippen LogP contribution in [0.5, 0.6) is 0 Å². The average molecular weight is 266 g/mol. The van der Waals surface area contributed by atoms with Crippen molar-refractivity contribution in [3.8, 4) is 0 Å². The molecule has 0 N–H and O–H groups in total. The van der Waals surface area contributed by atoms with Crippen LogP contribution in [-0.2, 0) is 9.59 Å². The second-order valence-electron chi connectivity index (χ2n) is 2.86. The predicted molar refractivity (Wildman–Crippen MR) is 58.6 cm³/mol. The Morgan fingerprint density at radius 3 is 2.67 bits per heavy atom. The number of halogens is 1. The first kappa shape index (κ1) is 9.92. The molecule has 0 bridgehead atoms. The zero-order chi connectivity index (χ0) is 10.8. The number of carbonyl (C=O) groups is 2. The van der Waals surface area contributed by atoms with Crippen molar-refractivity contribution in [3.63, 3.8) is 0 Å². The van der Waals surface area contributed by atoms with E-state index in [2.05, 4.69) is 20.9 Å². The van der Waals surface area contributed by atoms with Crippen LogP contribution in [0, 0.1) is 0 Å². The molecule has 5 heteroatoms. The lowest BCUT2D eigenvalue weighted by atomic mass is 10.3. The van der Waals surface area contributed by atoms with Gasteiger partial charge in [-0.05, 0) is 22.0 Å². The zero-order valence-corrected chi connectivity index (χ0v) is 9.14. The third kappa shape index (κ3) is 1.78. The molecule has 0 aliphatic carbocycles. The van der Waals surface area contributed by atoms with Crippen LogP contribution < -0.4 is 0 Å². The fraction of sp³-hybridized carbons (Fsp3) is 0. The van der Waals surface area contributed by atoms with E-state index in [1.165, 1.54) is 17.0 Å². The Hall–Kier alpha value is -1.62. The van der Waals surface area contributed by atoms with Crippen molar-refractivity contribution in [1.29, 1.82) is 0 Å². The molecular weight excluding hydrogens is 260 g/mol. The van der Waals surface area contributed by atoms with Crippen molar-refractivity contribution in [3.05, 3.63) is 28.7 Å². The highest BCUT2D eigenvalue weighted by Crippen LogP contribution is 2.24. The highest BCUT2D eigenvalue weighted by molar-refractivity contribution is 9.10. The molecule has 4 nitrogen and oxygen atoms in total. The highest BCUT2D eigenvalue weighted by atomic mass is 79.9. The van der Waals surface area contributed by atoms with Gasteiger partial charge in [-0.25, -0.2) is 9.79 Å². The smallest absolute Gasteiger partial charge is 0.255 e. The van der Waals surface area contributed by atoms with E-state index in [0.29, 0.717) is 5.69 Å². The van der Waals surface area contributed by atoms with Gasteiger partial charge < -0.3 is 0 Å². The van der Waals surface area contributed by atoms with Gasteiger partial charge in [0.2, 0.25) is 5.69 Å². The van der Waals surface area contributed by atoms with Gasteiger partial charge in [0.05, 0.1) is 10.7 Å². The molecule has 0 spiro atoms. The van der Waals surface area contributed by atoms with Gasteiger partial charge in [-0.2, -0.15) is 0 Å². The first-order valence-corrected chi connectivity index (χ1v) is 4.99. The second kappa shape index (κ2) is 3.86. The van der Waals surface area contributed by atoms with Gasteiger partial charge >= 0.3 is 11.8 Å². The number of carbonyl (C=O) groups excluding carboxylic acids is 2. The van der Waals surface area contributed by atoms with Gasteiger partial charge in [0.15, 0.2) is 6.21 Å². The Morgan fingerprint density at radius 2 is 1.93 bits per heavy atom. The van der Waals surface area contributed by atoms with E-state index in [0.717, 1.165) is 4.47 Å². The molecule has 0 unspecified atom stereocenters. The van der Waals surface area contributed by atoms with Gasteiger partial charge in [-0.15, -0.1) is 4.58 Å². The van der Waals surface area contributed by atoms with Crippen LogP contribution in [0.3, 0.4) is 0 Å². The van der Waals surface area contributed by atoms with Gasteiger partial charge in [-0.1, -0.05) is 12.1 Å². The van der Waals surface area contributed by atoms with Crippen molar-refractivity contribution >= 4 is 45.9 Å². The van der Waals surface area contributed by atoms with Crippen LogP contribution in [0.15, 0.2) is 33.7 Å². The average Bonchev–Trinajstić information content (AvgIpc) is 2.23. The normalized spacial score (nSPS) is 15.4. The van der Waals surface area contributed by atoms with Crippen molar-refractivity contribution in [2.45, 2.75) is 0 Å². The third-order valence-electron chi connectivity index (χ3n) is 1.92. The maximum Gasteiger partial charge on any atom is 0.485 e. The molecule has 74 valence electrons. The van der Waals surface area contributed by atoms with Crippen LogP contribution in [-0.4, -0.2) is 28.8 Å². The van der Waals surface area contributed by atoms with E-state index >= 15 is 0 Å². The Labute approximate surface area is 94.1 Å². The Balaban J connectivity index is 2.53. The SMILES string of the molecule is O=C1N=CC=[N+](c2ccccc2Br)C1=O. The fourth-order valence-corrected chi connectivity index (χ4v) is 1.71. The maximum atomic E-state index is 11.5. The molecule has 0 saturated carbocycles. The summed E-state index contributed by atoms with van der Waals surface area (Å²) >= 11 is 3.31. The summed E-state index contributed by atoms with van der Waals surface area (Å²) in [5.74, 6) is -1.40. The van der Waals surface area contributed by atoms with Gasteiger partial charge in [0.1, 0.15) is 0 Å². The molecule has 1 aliphatic rings. The number of rotatable bonds is 1. The molecule has 1 heterocycles. The summed E-state index contributed by atoms with van der Waals surface area (Å²) < 4.78 is 2.01. The van der Waals surface area contributed by atoms with E-state index in [4.69, 9.17) is 0 Å². The molecule has 0 aromatic heterocycles. The number of para-hydroxylation sites is 1. The van der Waals surface area contributed by atoms with Crippen LogP contribution in [0.1, 0.15) is 0 Å². The molecule has 0 saturated heterocycles. The van der Waals surface area contributed by atoms with Crippen LogP contribution in [0.4, 0.5) is 5.69 Å². The molecule has 1 aromatic rings. The second-order valence-corrected chi connectivity index (χ2v) is 3.71. The number of amides is 2. The fourth-order valence-electron chi connectivity index (χ4n) is 1.23. The lowest BCUT2D eigenvalue weighted by Gasteiger charge is -2.01. The Kier molecular flexibility index (Phi) is 2.55. The summed E-state index contributed by atoms with van der Waals surface area (Å²) in [6.07, 6.45) is 2.77. The van der Waals surface area contributed by atoms with Gasteiger partial charge in [0, 0.05) is 6.07 Å². The summed E-state index contributed by atoms with van der Waals surface area (Å²) in [7, 11) is 0. The van der Waals surface area contributed by atoms with Crippen molar-refractivity contribution in [1.82, 2.24) is 0 Å². The number of nitrogens with zero attached hydrogens (tertiary/aromatic N) is 2. The minimum absolute atomic E-state index is 0.627. The minimum atomic E-state index is -0.756. The monoisotopic (exact) mass is 265 g/mol. The lowest BCUT2D eigenvalue weighted by molar-refractivity contribution is -0.356. The quantitative estimate of drug-likeness (QED) is 0.568. The summed E-state index contributed by atoms with van der Waals surface area (Å²) in [6, 6.07) is 7.16. The molecule has 2 amide bonds. The molecule has 0 atom stereocenters. The summed E-state index contributed by atoms with van der Waals surface area (Å²) in [5, 5.41) is 0. The number of aliphatic imine (C=N–C) groups is 1. The van der Waals surface area contributed by atoms with Crippen LogP contribution in [0.2, 0.25) is 0 Å². The first-order valence-electron chi connectivity index (χ1n) is 4.20. The molecule has 1 aromatic carbocycles. The van der Waals surface area contributed by atoms with E-state index in [1.54, 1.807) is 18.2 Å². The molecule has 0 fully saturated rings. The molecular formula is C10H6BrN2O2+. The largest absolute Gasteiger partial charge is 0.485 e. The van der Waals surface area contributed by atoms with Crippen molar-refractivity contribution < 1.29 is 14.2 Å². The number of hydrogen-bond acceptors (Lipinski definition) is 2. The number of benzene rings is 1. The lowest BCUT2D eigenvalue weighted by Crippen LogP contribution is -2.28. The minimum Gasteiger partial charge on any atom is -0.255 e. The highest BCUT2D eigenvalue weighted by Gasteiger charge is 2.31. The van der Waals surface area contributed by atoms with Crippen LogP contribution in [0.25, 0.3) is 0 Å². The van der Waals surface area contributed by atoms with E-state index in [9.17, 15) is 9.59 Å². The molecule has 0 radical (unpaired) electrons. The summed E-state index contributed by atoms with van der Waals surface area (Å²) in [5.41, 5.74) is 0.627. The van der Waals surface area contributed by atoms with Gasteiger partial charge in [-0.3, -0.25) is 4.79 Å². The third-order valence-corrected chi connectivity index (χ3v) is 2.59. The zero-order valence-electron chi connectivity index (χ0n) is 7.55. The van der Waals surface area contributed by atoms with Crippen molar-refractivity contribution in [2.75, 3.05) is 0 Å². The van der Waals surface area contributed by atoms with E-state index in [1.807, 2.05) is 6.07 Å². The van der Waals surface area contributed by atoms with E-state index in [-0.39, 0.29) is 0 Å². The molecule has 15 heavy (non-hydrogen) atoms.